The van der Waals surface area contributed by atoms with E-state index in [4.69, 9.17) is 13.8 Å². The number of benzene rings is 3. The van der Waals surface area contributed by atoms with Crippen molar-refractivity contribution in [3.8, 4) is 17.2 Å². The molecule has 6 heteroatoms. The van der Waals surface area contributed by atoms with Gasteiger partial charge in [-0.15, -0.1) is 0 Å². The molecule has 0 aliphatic rings. The van der Waals surface area contributed by atoms with Crippen molar-refractivity contribution in [3.05, 3.63) is 83.9 Å². The van der Waals surface area contributed by atoms with Gasteiger partial charge in [-0.2, -0.15) is 0 Å². The summed E-state index contributed by atoms with van der Waals surface area (Å²) >= 11 is 0. The van der Waals surface area contributed by atoms with Gasteiger partial charge in [0, 0.05) is 5.69 Å². The Balaban J connectivity index is 1.83. The second-order valence-corrected chi connectivity index (χ2v) is 8.69. The van der Waals surface area contributed by atoms with Gasteiger partial charge in [-0.3, -0.25) is 5.09 Å². The minimum atomic E-state index is -3.75. The van der Waals surface area contributed by atoms with E-state index in [9.17, 15) is 4.57 Å². The van der Waals surface area contributed by atoms with Gasteiger partial charge in [0.15, 0.2) is 0 Å². The molecule has 0 aliphatic heterocycles. The van der Waals surface area contributed by atoms with Gasteiger partial charge in [-0.1, -0.05) is 35.4 Å². The van der Waals surface area contributed by atoms with Crippen LogP contribution in [-0.2, 0) is 4.57 Å². The molecule has 0 amide bonds. The Morgan fingerprint density at radius 3 is 1.52 bits per heavy atom. The van der Waals surface area contributed by atoms with E-state index in [1.807, 2.05) is 64.1 Å². The zero-order valence-corrected chi connectivity index (χ0v) is 18.0. The fourth-order valence-electron chi connectivity index (χ4n) is 2.58. The third-order valence-corrected chi connectivity index (χ3v) is 5.42. The first-order chi connectivity index (χ1) is 13.8. The number of aryl methyl sites for hydroxylation is 2. The van der Waals surface area contributed by atoms with E-state index < -0.39 is 7.75 Å². The smallest absolute Gasteiger partial charge is 0.491 e. The van der Waals surface area contributed by atoms with Crippen molar-refractivity contribution in [2.75, 3.05) is 5.09 Å². The molecule has 0 saturated heterocycles. The molecular weight excluding hydrogens is 385 g/mol. The van der Waals surface area contributed by atoms with Crippen LogP contribution in [0, 0.1) is 13.8 Å². The highest BCUT2D eigenvalue weighted by Gasteiger charge is 2.29. The molecule has 5 nitrogen and oxygen atoms in total. The Labute approximate surface area is 172 Å². The molecule has 0 saturated carbocycles. The second kappa shape index (κ2) is 9.06. The molecule has 0 aliphatic carbocycles. The van der Waals surface area contributed by atoms with E-state index in [-0.39, 0.29) is 6.10 Å². The highest BCUT2D eigenvalue weighted by molar-refractivity contribution is 7.56. The maximum Gasteiger partial charge on any atom is 0.541 e. The number of nitrogens with one attached hydrogen (secondary N) is 1. The van der Waals surface area contributed by atoms with Crippen molar-refractivity contribution in [1.29, 1.82) is 0 Å². The van der Waals surface area contributed by atoms with Crippen LogP contribution >= 0.6 is 7.75 Å². The van der Waals surface area contributed by atoms with Crippen molar-refractivity contribution in [3.63, 3.8) is 0 Å². The van der Waals surface area contributed by atoms with Crippen molar-refractivity contribution in [2.24, 2.45) is 0 Å². The van der Waals surface area contributed by atoms with Crippen LogP contribution in [0.2, 0.25) is 0 Å². The van der Waals surface area contributed by atoms with Crippen LogP contribution in [0.3, 0.4) is 0 Å². The highest BCUT2D eigenvalue weighted by atomic mass is 31.2. The first kappa shape index (κ1) is 20.8. The van der Waals surface area contributed by atoms with Gasteiger partial charge in [-0.25, -0.2) is 4.57 Å². The van der Waals surface area contributed by atoms with E-state index in [0.717, 1.165) is 16.9 Å². The normalized spacial score (nSPS) is 11.2. The summed E-state index contributed by atoms with van der Waals surface area (Å²) in [6.07, 6.45) is 0.0784. The molecule has 152 valence electrons. The summed E-state index contributed by atoms with van der Waals surface area (Å²) in [5, 5.41) is 2.92. The van der Waals surface area contributed by atoms with Gasteiger partial charge >= 0.3 is 7.75 Å². The van der Waals surface area contributed by atoms with Gasteiger partial charge in [0.1, 0.15) is 17.2 Å². The molecule has 1 N–H and O–H groups in total. The molecule has 0 aromatic heterocycles. The van der Waals surface area contributed by atoms with Crippen LogP contribution in [0.15, 0.2) is 72.8 Å². The molecular formula is C23H26NO4P. The van der Waals surface area contributed by atoms with Crippen LogP contribution in [0.1, 0.15) is 25.0 Å². The summed E-state index contributed by atoms with van der Waals surface area (Å²) in [5.74, 6) is 1.65. The average molecular weight is 411 g/mol. The third kappa shape index (κ3) is 6.30. The van der Waals surface area contributed by atoms with Crippen LogP contribution < -0.4 is 18.9 Å². The summed E-state index contributed by atoms with van der Waals surface area (Å²) in [6.45, 7) is 7.88. The van der Waals surface area contributed by atoms with Gasteiger partial charge < -0.3 is 13.8 Å². The van der Waals surface area contributed by atoms with E-state index in [0.29, 0.717) is 17.2 Å². The van der Waals surface area contributed by atoms with Crippen LogP contribution in [0.4, 0.5) is 5.69 Å². The summed E-state index contributed by atoms with van der Waals surface area (Å²) in [4.78, 5) is 0. The van der Waals surface area contributed by atoms with E-state index in [2.05, 4.69) is 5.09 Å². The van der Waals surface area contributed by atoms with E-state index in [1.165, 1.54) is 0 Å². The lowest BCUT2D eigenvalue weighted by molar-refractivity contribution is 0.242. The maximum absolute atomic E-state index is 13.6. The maximum atomic E-state index is 13.6. The van der Waals surface area contributed by atoms with Crippen LogP contribution in [-0.4, -0.2) is 6.10 Å². The van der Waals surface area contributed by atoms with E-state index in [1.54, 1.807) is 36.4 Å². The molecule has 0 atom stereocenters. The summed E-state index contributed by atoms with van der Waals surface area (Å²) in [5.41, 5.74) is 2.77. The molecule has 3 rings (SSSR count). The Morgan fingerprint density at radius 2 is 1.10 bits per heavy atom. The van der Waals surface area contributed by atoms with Crippen LogP contribution in [0.5, 0.6) is 17.2 Å². The fraction of sp³-hybridized carbons (Fsp3) is 0.217. The molecule has 0 spiro atoms. The Kier molecular flexibility index (Phi) is 6.50. The van der Waals surface area contributed by atoms with E-state index >= 15 is 0 Å². The molecule has 0 bridgehead atoms. The Bertz CT molecular complexity index is 916. The summed E-state index contributed by atoms with van der Waals surface area (Å²) in [6, 6.07) is 21.8. The van der Waals surface area contributed by atoms with Gasteiger partial charge in [0.2, 0.25) is 0 Å². The molecule has 0 unspecified atom stereocenters. The highest BCUT2D eigenvalue weighted by Crippen LogP contribution is 2.48. The first-order valence-electron chi connectivity index (χ1n) is 9.49. The van der Waals surface area contributed by atoms with Gasteiger partial charge in [0.05, 0.1) is 6.10 Å². The molecule has 3 aromatic rings. The quantitative estimate of drug-likeness (QED) is 0.415. The molecule has 29 heavy (non-hydrogen) atoms. The number of anilines is 1. The predicted octanol–water partition coefficient (Wildman–Crippen LogP) is 6.77. The topological polar surface area (TPSA) is 56.8 Å². The molecule has 0 fully saturated rings. The van der Waals surface area contributed by atoms with Crippen molar-refractivity contribution >= 4 is 13.4 Å². The Hall–Kier alpha value is -2.91. The number of ether oxygens (including phenoxy) is 1. The number of hydrogen-bond donors (Lipinski definition) is 1. The minimum absolute atomic E-state index is 0.0784. The van der Waals surface area contributed by atoms with Crippen molar-refractivity contribution in [2.45, 2.75) is 33.8 Å². The minimum Gasteiger partial charge on any atom is -0.491 e. The standard InChI is InChI=1S/C23H26NO4P/c1-17(2)26-21-15-9-20(10-16-21)24-29(25,27-22-11-5-18(3)6-12-22)28-23-13-7-19(4)8-14-23/h5-17H,1-4H3,(H,24,25). The van der Waals surface area contributed by atoms with Gasteiger partial charge in [0.25, 0.3) is 0 Å². The summed E-state index contributed by atoms with van der Waals surface area (Å²) in [7, 11) is -3.75. The predicted molar refractivity (Wildman–Crippen MR) is 117 cm³/mol. The monoisotopic (exact) mass is 411 g/mol. The van der Waals surface area contributed by atoms with Gasteiger partial charge in [-0.05, 0) is 76.2 Å². The second-order valence-electron chi connectivity index (χ2n) is 7.11. The lowest BCUT2D eigenvalue weighted by atomic mass is 10.2. The lowest BCUT2D eigenvalue weighted by Crippen LogP contribution is -2.10. The molecule has 0 heterocycles. The molecule has 0 radical (unpaired) electrons. The summed E-state index contributed by atoms with van der Waals surface area (Å²) < 4.78 is 30.8. The fourth-order valence-corrected chi connectivity index (χ4v) is 3.97. The number of hydrogen-bond acceptors (Lipinski definition) is 4. The largest absolute Gasteiger partial charge is 0.541 e. The average Bonchev–Trinajstić information content (AvgIpc) is 2.67. The van der Waals surface area contributed by atoms with Crippen LogP contribution in [0.25, 0.3) is 0 Å². The lowest BCUT2D eigenvalue weighted by Gasteiger charge is -2.21. The van der Waals surface area contributed by atoms with Crippen molar-refractivity contribution < 1.29 is 18.3 Å². The third-order valence-electron chi connectivity index (χ3n) is 3.99. The zero-order valence-electron chi connectivity index (χ0n) is 17.1. The SMILES string of the molecule is Cc1ccc(OP(=O)(Nc2ccc(OC(C)C)cc2)Oc2ccc(C)cc2)cc1. The zero-order chi connectivity index (χ0) is 20.9. The first-order valence-corrected chi connectivity index (χ1v) is 11.0. The van der Waals surface area contributed by atoms with Crippen molar-refractivity contribution in [1.82, 2.24) is 0 Å². The number of rotatable bonds is 8. The molecule has 3 aromatic carbocycles. The Morgan fingerprint density at radius 1 is 0.690 bits per heavy atom.